The molecule has 1 aliphatic heterocycles. The lowest BCUT2D eigenvalue weighted by atomic mass is 9.95. The number of carbonyl (C=O) groups excluding carboxylic acids is 1. The van der Waals surface area contributed by atoms with Gasteiger partial charge in [0.25, 0.3) is 0 Å². The Morgan fingerprint density at radius 1 is 1.21 bits per heavy atom. The molecule has 0 aliphatic carbocycles. The zero-order chi connectivity index (χ0) is 13.9. The summed E-state index contributed by atoms with van der Waals surface area (Å²) in [5, 5.41) is 0. The monoisotopic (exact) mass is 270 g/mol. The van der Waals surface area contributed by atoms with E-state index in [2.05, 4.69) is 11.7 Å². The molecule has 0 saturated carbocycles. The van der Waals surface area contributed by atoms with E-state index in [4.69, 9.17) is 4.74 Å². The summed E-state index contributed by atoms with van der Waals surface area (Å²) in [5.41, 5.74) is 0. The lowest BCUT2D eigenvalue weighted by Gasteiger charge is -2.18. The molecule has 1 saturated heterocycles. The van der Waals surface area contributed by atoms with Crippen LogP contribution in [0.25, 0.3) is 0 Å². The highest BCUT2D eigenvalue weighted by Gasteiger charge is 2.21. The lowest BCUT2D eigenvalue weighted by molar-refractivity contribution is -0.140. The van der Waals surface area contributed by atoms with Crippen LogP contribution in [0.15, 0.2) is 0 Å². The van der Waals surface area contributed by atoms with Gasteiger partial charge < -0.3 is 9.47 Å². The SMILES string of the molecule is COC(=O)CCCCCCCCC(C)C1CCCO1. The van der Waals surface area contributed by atoms with Crippen molar-refractivity contribution in [3.05, 3.63) is 0 Å². The molecule has 1 fully saturated rings. The first-order valence-electron chi connectivity index (χ1n) is 7.92. The third kappa shape index (κ3) is 7.56. The van der Waals surface area contributed by atoms with Gasteiger partial charge in [0.15, 0.2) is 0 Å². The first-order chi connectivity index (χ1) is 9.24. The summed E-state index contributed by atoms with van der Waals surface area (Å²) in [6, 6.07) is 0. The van der Waals surface area contributed by atoms with Crippen molar-refractivity contribution < 1.29 is 14.3 Å². The molecule has 3 nitrogen and oxygen atoms in total. The highest BCUT2D eigenvalue weighted by atomic mass is 16.5. The third-order valence-corrected chi connectivity index (χ3v) is 4.12. The van der Waals surface area contributed by atoms with Crippen molar-refractivity contribution in [1.82, 2.24) is 0 Å². The van der Waals surface area contributed by atoms with E-state index >= 15 is 0 Å². The molecule has 112 valence electrons. The van der Waals surface area contributed by atoms with E-state index in [9.17, 15) is 4.79 Å². The second-order valence-corrected chi connectivity index (χ2v) is 5.76. The van der Waals surface area contributed by atoms with Gasteiger partial charge in [0.05, 0.1) is 13.2 Å². The first kappa shape index (κ1) is 16.5. The number of unbranched alkanes of at least 4 members (excludes halogenated alkanes) is 5. The fourth-order valence-electron chi connectivity index (χ4n) is 2.78. The molecule has 2 unspecified atom stereocenters. The molecule has 0 aromatic carbocycles. The number of hydrogen-bond donors (Lipinski definition) is 0. The zero-order valence-corrected chi connectivity index (χ0v) is 12.7. The highest BCUT2D eigenvalue weighted by Crippen LogP contribution is 2.24. The van der Waals surface area contributed by atoms with Crippen molar-refractivity contribution in [2.75, 3.05) is 13.7 Å². The Labute approximate surface area is 118 Å². The van der Waals surface area contributed by atoms with Crippen LogP contribution in [0.2, 0.25) is 0 Å². The van der Waals surface area contributed by atoms with Gasteiger partial charge in [-0.2, -0.15) is 0 Å². The summed E-state index contributed by atoms with van der Waals surface area (Å²) in [4.78, 5) is 10.9. The van der Waals surface area contributed by atoms with Gasteiger partial charge in [-0.3, -0.25) is 4.79 Å². The molecule has 0 N–H and O–H groups in total. The van der Waals surface area contributed by atoms with Crippen LogP contribution in [0.1, 0.15) is 71.1 Å². The predicted molar refractivity (Wildman–Crippen MR) is 77.1 cm³/mol. The largest absolute Gasteiger partial charge is 0.469 e. The summed E-state index contributed by atoms with van der Waals surface area (Å²) in [7, 11) is 1.46. The quantitative estimate of drug-likeness (QED) is 0.443. The van der Waals surface area contributed by atoms with Crippen LogP contribution >= 0.6 is 0 Å². The standard InChI is InChI=1S/C16H30O3/c1-14(15-11-9-13-19-15)10-7-5-3-4-6-8-12-16(17)18-2/h14-15H,3-13H2,1-2H3. The second-order valence-electron chi connectivity index (χ2n) is 5.76. The average molecular weight is 270 g/mol. The molecule has 0 bridgehead atoms. The van der Waals surface area contributed by atoms with Crippen LogP contribution in [0.4, 0.5) is 0 Å². The molecule has 0 spiro atoms. The molecule has 0 amide bonds. The smallest absolute Gasteiger partial charge is 0.305 e. The van der Waals surface area contributed by atoms with Gasteiger partial charge in [0, 0.05) is 13.0 Å². The Hall–Kier alpha value is -0.570. The molecular formula is C16H30O3. The van der Waals surface area contributed by atoms with Gasteiger partial charge in [-0.1, -0.05) is 39.0 Å². The molecule has 1 heterocycles. The van der Waals surface area contributed by atoms with Crippen molar-refractivity contribution in [2.24, 2.45) is 5.92 Å². The lowest BCUT2D eigenvalue weighted by Crippen LogP contribution is -2.16. The Balaban J connectivity index is 1.84. The van der Waals surface area contributed by atoms with E-state index in [-0.39, 0.29) is 5.97 Å². The Bertz CT molecular complexity index is 234. The van der Waals surface area contributed by atoms with Crippen LogP contribution in [0, 0.1) is 5.92 Å². The van der Waals surface area contributed by atoms with E-state index < -0.39 is 0 Å². The van der Waals surface area contributed by atoms with E-state index in [0.29, 0.717) is 12.5 Å². The molecule has 3 heteroatoms. The number of rotatable bonds is 10. The Morgan fingerprint density at radius 2 is 1.89 bits per heavy atom. The minimum absolute atomic E-state index is 0.0783. The summed E-state index contributed by atoms with van der Waals surface area (Å²) in [6.07, 6.45) is 12.2. The minimum atomic E-state index is -0.0783. The van der Waals surface area contributed by atoms with Crippen LogP contribution in [0.3, 0.4) is 0 Å². The van der Waals surface area contributed by atoms with E-state index in [1.54, 1.807) is 0 Å². The molecule has 0 aromatic rings. The fraction of sp³-hybridized carbons (Fsp3) is 0.938. The van der Waals surface area contributed by atoms with Crippen LogP contribution in [-0.4, -0.2) is 25.8 Å². The van der Waals surface area contributed by atoms with Gasteiger partial charge in [-0.15, -0.1) is 0 Å². The van der Waals surface area contributed by atoms with Crippen molar-refractivity contribution >= 4 is 5.97 Å². The van der Waals surface area contributed by atoms with Crippen molar-refractivity contribution in [2.45, 2.75) is 77.2 Å². The van der Waals surface area contributed by atoms with Gasteiger partial charge in [-0.25, -0.2) is 0 Å². The zero-order valence-electron chi connectivity index (χ0n) is 12.7. The molecule has 0 radical (unpaired) electrons. The highest BCUT2D eigenvalue weighted by molar-refractivity contribution is 5.68. The average Bonchev–Trinajstić information content (AvgIpc) is 2.95. The first-order valence-corrected chi connectivity index (χ1v) is 7.92. The number of esters is 1. The third-order valence-electron chi connectivity index (χ3n) is 4.12. The normalized spacial score (nSPS) is 20.4. The maximum Gasteiger partial charge on any atom is 0.305 e. The Kier molecular flexibility index (Phi) is 8.89. The van der Waals surface area contributed by atoms with Crippen LogP contribution < -0.4 is 0 Å². The summed E-state index contributed by atoms with van der Waals surface area (Å²) in [6.45, 7) is 3.29. The summed E-state index contributed by atoms with van der Waals surface area (Å²) in [5.74, 6) is 0.646. The van der Waals surface area contributed by atoms with E-state index in [1.165, 1.54) is 52.1 Å². The fourth-order valence-corrected chi connectivity index (χ4v) is 2.78. The van der Waals surface area contributed by atoms with Crippen LogP contribution in [0.5, 0.6) is 0 Å². The van der Waals surface area contributed by atoms with Crippen LogP contribution in [-0.2, 0) is 14.3 Å². The van der Waals surface area contributed by atoms with Gasteiger partial charge in [0.2, 0.25) is 0 Å². The minimum Gasteiger partial charge on any atom is -0.469 e. The topological polar surface area (TPSA) is 35.5 Å². The number of carbonyl (C=O) groups is 1. The summed E-state index contributed by atoms with van der Waals surface area (Å²) >= 11 is 0. The molecule has 2 atom stereocenters. The molecular weight excluding hydrogens is 240 g/mol. The molecule has 19 heavy (non-hydrogen) atoms. The predicted octanol–water partition coefficient (Wildman–Crippen LogP) is 4.10. The van der Waals surface area contributed by atoms with Gasteiger partial charge in [-0.05, 0) is 31.6 Å². The second kappa shape index (κ2) is 10.2. The van der Waals surface area contributed by atoms with Crippen molar-refractivity contribution in [3.63, 3.8) is 0 Å². The number of ether oxygens (including phenoxy) is 2. The van der Waals surface area contributed by atoms with Gasteiger partial charge in [0.1, 0.15) is 0 Å². The van der Waals surface area contributed by atoms with Crippen molar-refractivity contribution in [3.8, 4) is 0 Å². The van der Waals surface area contributed by atoms with E-state index in [0.717, 1.165) is 25.4 Å². The van der Waals surface area contributed by atoms with Crippen molar-refractivity contribution in [1.29, 1.82) is 0 Å². The van der Waals surface area contributed by atoms with Gasteiger partial charge >= 0.3 is 5.97 Å². The maximum atomic E-state index is 10.9. The molecule has 0 aromatic heterocycles. The van der Waals surface area contributed by atoms with E-state index in [1.807, 2.05) is 0 Å². The summed E-state index contributed by atoms with van der Waals surface area (Å²) < 4.78 is 10.3. The molecule has 1 aliphatic rings. The maximum absolute atomic E-state index is 10.9. The Morgan fingerprint density at radius 3 is 2.53 bits per heavy atom. The number of hydrogen-bond acceptors (Lipinski definition) is 3. The number of methoxy groups -OCH3 is 1. The molecule has 1 rings (SSSR count).